The van der Waals surface area contributed by atoms with Crippen LogP contribution in [0.2, 0.25) is 0 Å². The van der Waals surface area contributed by atoms with E-state index < -0.39 is 6.04 Å². The van der Waals surface area contributed by atoms with Gasteiger partial charge in [0.1, 0.15) is 6.04 Å². The molecule has 5 nitrogen and oxygen atoms in total. The molecule has 0 spiro atoms. The smallest absolute Gasteiger partial charge is 0.247 e. The summed E-state index contributed by atoms with van der Waals surface area (Å²) in [4.78, 5) is 30.8. The Morgan fingerprint density at radius 1 is 1.40 bits per heavy atom. The molecule has 6 heteroatoms. The van der Waals surface area contributed by atoms with Crippen molar-refractivity contribution in [1.82, 2.24) is 9.88 Å². The predicted octanol–water partition coefficient (Wildman–Crippen LogP) is 3.62. The Hall–Kier alpha value is -2.47. The van der Waals surface area contributed by atoms with Crippen molar-refractivity contribution in [2.75, 3.05) is 5.32 Å². The first-order valence-corrected chi connectivity index (χ1v) is 9.15. The van der Waals surface area contributed by atoms with Crippen LogP contribution in [0.25, 0.3) is 11.3 Å². The van der Waals surface area contributed by atoms with E-state index in [9.17, 15) is 9.59 Å². The lowest BCUT2D eigenvalue weighted by Gasteiger charge is -2.26. The van der Waals surface area contributed by atoms with Gasteiger partial charge in [-0.1, -0.05) is 18.7 Å². The van der Waals surface area contributed by atoms with E-state index in [0.717, 1.165) is 22.7 Å². The van der Waals surface area contributed by atoms with Gasteiger partial charge in [0.15, 0.2) is 0 Å². The summed E-state index contributed by atoms with van der Waals surface area (Å²) in [7, 11) is 0. The van der Waals surface area contributed by atoms with Crippen molar-refractivity contribution in [3.8, 4) is 11.3 Å². The fourth-order valence-corrected chi connectivity index (χ4v) is 3.82. The number of benzene rings is 1. The first-order valence-electron chi connectivity index (χ1n) is 8.27. The van der Waals surface area contributed by atoms with Crippen LogP contribution < -0.4 is 5.32 Å². The number of aryl methyl sites for hydroxylation is 1. The van der Waals surface area contributed by atoms with E-state index in [1.165, 1.54) is 6.08 Å². The molecular formula is C19H21N3O2S. The molecule has 1 fully saturated rings. The molecule has 2 aromatic rings. The number of hydrogen-bond acceptors (Lipinski definition) is 4. The molecule has 1 aromatic heterocycles. The molecule has 2 heterocycles. The highest BCUT2D eigenvalue weighted by Gasteiger charge is 2.37. The summed E-state index contributed by atoms with van der Waals surface area (Å²) in [5.41, 5.74) is 2.57. The van der Waals surface area contributed by atoms with Gasteiger partial charge in [-0.25, -0.2) is 4.98 Å². The number of aromatic nitrogens is 1. The maximum Gasteiger partial charge on any atom is 0.247 e. The number of nitrogens with zero attached hydrogens (tertiary/aromatic N) is 2. The van der Waals surface area contributed by atoms with E-state index >= 15 is 0 Å². The maximum absolute atomic E-state index is 12.7. The average Bonchev–Trinajstić information content (AvgIpc) is 3.20. The van der Waals surface area contributed by atoms with E-state index in [1.54, 1.807) is 16.2 Å². The number of carbonyl (C=O) groups excluding carboxylic acids is 2. The standard InChI is InChI=1S/C19H21N3O2S/c1-4-18(23)22-12(2)8-9-17(22)19(24)21-15-7-5-6-14(10-15)16-11-25-13(3)20-16/h4-7,10-12,17H,1,8-9H2,2-3H3,(H,21,24)/t12-,17-/m0/s1. The third kappa shape index (κ3) is 3.64. The van der Waals surface area contributed by atoms with Crippen molar-refractivity contribution in [3.63, 3.8) is 0 Å². The largest absolute Gasteiger partial charge is 0.324 e. The van der Waals surface area contributed by atoms with Gasteiger partial charge in [-0.3, -0.25) is 9.59 Å². The molecule has 2 amide bonds. The van der Waals surface area contributed by atoms with Gasteiger partial charge in [0, 0.05) is 22.7 Å². The van der Waals surface area contributed by atoms with Crippen LogP contribution in [0.4, 0.5) is 5.69 Å². The van der Waals surface area contributed by atoms with Crippen LogP contribution in [-0.2, 0) is 9.59 Å². The second-order valence-electron chi connectivity index (χ2n) is 6.21. The normalized spacial score (nSPS) is 19.7. The Labute approximate surface area is 151 Å². The first-order chi connectivity index (χ1) is 12.0. The van der Waals surface area contributed by atoms with Gasteiger partial charge in [-0.15, -0.1) is 11.3 Å². The Balaban J connectivity index is 1.77. The molecule has 130 valence electrons. The molecule has 2 atom stereocenters. The Morgan fingerprint density at radius 3 is 2.88 bits per heavy atom. The zero-order valence-electron chi connectivity index (χ0n) is 14.4. The van der Waals surface area contributed by atoms with E-state index in [0.29, 0.717) is 12.1 Å². The van der Waals surface area contributed by atoms with Gasteiger partial charge < -0.3 is 10.2 Å². The van der Waals surface area contributed by atoms with Crippen LogP contribution in [0.1, 0.15) is 24.8 Å². The second kappa shape index (κ2) is 7.19. The third-order valence-corrected chi connectivity index (χ3v) is 5.22. The van der Waals surface area contributed by atoms with Crippen LogP contribution in [0, 0.1) is 6.92 Å². The van der Waals surface area contributed by atoms with Crippen LogP contribution in [-0.4, -0.2) is 33.8 Å². The van der Waals surface area contributed by atoms with Crippen molar-refractivity contribution >= 4 is 28.8 Å². The molecule has 1 aromatic carbocycles. The number of amides is 2. The minimum absolute atomic E-state index is 0.0468. The molecule has 25 heavy (non-hydrogen) atoms. The predicted molar refractivity (Wildman–Crippen MR) is 100 cm³/mol. The summed E-state index contributed by atoms with van der Waals surface area (Å²) in [5, 5.41) is 5.94. The molecule has 3 rings (SSSR count). The minimum Gasteiger partial charge on any atom is -0.324 e. The molecule has 0 aliphatic carbocycles. The van der Waals surface area contributed by atoms with E-state index in [1.807, 2.05) is 43.5 Å². The first kappa shape index (κ1) is 17.4. The summed E-state index contributed by atoms with van der Waals surface area (Å²) in [6.45, 7) is 7.46. The van der Waals surface area contributed by atoms with Crippen LogP contribution in [0.15, 0.2) is 42.3 Å². The lowest BCUT2D eigenvalue weighted by Crippen LogP contribution is -2.45. The highest BCUT2D eigenvalue weighted by molar-refractivity contribution is 7.09. The van der Waals surface area contributed by atoms with Gasteiger partial charge in [0.25, 0.3) is 0 Å². The summed E-state index contributed by atoms with van der Waals surface area (Å²) >= 11 is 1.59. The van der Waals surface area contributed by atoms with E-state index in [-0.39, 0.29) is 17.9 Å². The third-order valence-electron chi connectivity index (χ3n) is 4.45. The quantitative estimate of drug-likeness (QED) is 0.852. The van der Waals surface area contributed by atoms with Gasteiger partial charge >= 0.3 is 0 Å². The average molecular weight is 355 g/mol. The molecular weight excluding hydrogens is 334 g/mol. The second-order valence-corrected chi connectivity index (χ2v) is 7.28. The van der Waals surface area contributed by atoms with Crippen molar-refractivity contribution < 1.29 is 9.59 Å². The zero-order valence-corrected chi connectivity index (χ0v) is 15.2. The van der Waals surface area contributed by atoms with Crippen molar-refractivity contribution in [3.05, 3.63) is 47.3 Å². The molecule has 1 aliphatic rings. The number of rotatable bonds is 4. The Morgan fingerprint density at radius 2 is 2.20 bits per heavy atom. The SMILES string of the molecule is C=CC(=O)N1[C@@H](C)CC[C@H]1C(=O)Nc1cccc(-c2csc(C)n2)c1. The van der Waals surface area contributed by atoms with Crippen LogP contribution in [0.3, 0.4) is 0 Å². The Kier molecular flexibility index (Phi) is 4.99. The Bertz CT molecular complexity index is 815. The molecule has 1 saturated heterocycles. The van der Waals surface area contributed by atoms with Crippen molar-refractivity contribution in [2.24, 2.45) is 0 Å². The summed E-state index contributed by atoms with van der Waals surface area (Å²) in [6.07, 6.45) is 2.75. The lowest BCUT2D eigenvalue weighted by atomic mass is 10.1. The number of likely N-dealkylation sites (tertiary alicyclic amines) is 1. The summed E-state index contributed by atoms with van der Waals surface area (Å²) in [6, 6.07) is 7.21. The molecule has 0 unspecified atom stereocenters. The van der Waals surface area contributed by atoms with Gasteiger partial charge in [0.2, 0.25) is 11.8 Å². The zero-order chi connectivity index (χ0) is 18.0. The molecule has 1 N–H and O–H groups in total. The number of nitrogens with one attached hydrogen (secondary N) is 1. The van der Waals surface area contributed by atoms with Gasteiger partial charge in [0.05, 0.1) is 10.7 Å². The van der Waals surface area contributed by atoms with Gasteiger partial charge in [-0.2, -0.15) is 0 Å². The number of carbonyl (C=O) groups is 2. The number of thiazole rings is 1. The molecule has 0 radical (unpaired) electrons. The van der Waals surface area contributed by atoms with Gasteiger partial charge in [-0.05, 0) is 44.9 Å². The molecule has 1 aliphatic heterocycles. The summed E-state index contributed by atoms with van der Waals surface area (Å²) < 4.78 is 0. The van der Waals surface area contributed by atoms with Crippen molar-refractivity contribution in [1.29, 1.82) is 0 Å². The highest BCUT2D eigenvalue weighted by Crippen LogP contribution is 2.27. The fraction of sp³-hybridized carbons (Fsp3) is 0.316. The highest BCUT2D eigenvalue weighted by atomic mass is 32.1. The number of hydrogen-bond donors (Lipinski definition) is 1. The molecule has 0 bridgehead atoms. The minimum atomic E-state index is -0.453. The number of anilines is 1. The van der Waals surface area contributed by atoms with E-state index in [4.69, 9.17) is 0 Å². The summed E-state index contributed by atoms with van der Waals surface area (Å²) in [5.74, 6) is -0.358. The maximum atomic E-state index is 12.7. The van der Waals surface area contributed by atoms with Crippen molar-refractivity contribution in [2.45, 2.75) is 38.8 Å². The van der Waals surface area contributed by atoms with E-state index in [2.05, 4.69) is 16.9 Å². The fourth-order valence-electron chi connectivity index (χ4n) is 3.20. The lowest BCUT2D eigenvalue weighted by molar-refractivity contribution is -0.134. The van der Waals surface area contributed by atoms with Crippen LogP contribution >= 0.6 is 11.3 Å². The molecule has 0 saturated carbocycles. The monoisotopic (exact) mass is 355 g/mol. The topological polar surface area (TPSA) is 62.3 Å². The van der Waals surface area contributed by atoms with Crippen LogP contribution in [0.5, 0.6) is 0 Å².